The van der Waals surface area contributed by atoms with E-state index in [4.69, 9.17) is 11.6 Å². The highest BCUT2D eigenvalue weighted by Gasteiger charge is 2.27. The second-order valence-corrected chi connectivity index (χ2v) is 4.69. The summed E-state index contributed by atoms with van der Waals surface area (Å²) in [4.78, 5) is 24.8. The quantitative estimate of drug-likeness (QED) is 0.695. The third kappa shape index (κ3) is 3.20. The smallest absolute Gasteiger partial charge is 0.240 e. The molecule has 0 aliphatic carbocycles. The lowest BCUT2D eigenvalue weighted by molar-refractivity contribution is -0.134. The Hall–Kier alpha value is -0.570. The van der Waals surface area contributed by atoms with E-state index in [1.165, 1.54) is 0 Å². The van der Waals surface area contributed by atoms with Crippen LogP contribution in [0.1, 0.15) is 33.1 Å². The molecule has 3 nitrogen and oxygen atoms in total. The molecule has 0 N–H and O–H groups in total. The Bertz CT molecular complexity index is 245. The van der Waals surface area contributed by atoms with Gasteiger partial charge in [-0.2, -0.15) is 0 Å². The minimum Gasteiger partial charge on any atom is -0.341 e. The minimum absolute atomic E-state index is 0.0148. The zero-order valence-corrected chi connectivity index (χ0v) is 10.1. The Labute approximate surface area is 95.8 Å². The summed E-state index contributed by atoms with van der Waals surface area (Å²) in [5.74, 6) is 0.463. The Morgan fingerprint density at radius 3 is 2.33 bits per heavy atom. The minimum atomic E-state index is -0.455. The highest BCUT2D eigenvalue weighted by Crippen LogP contribution is 2.20. The van der Waals surface area contributed by atoms with E-state index in [0.29, 0.717) is 25.3 Å². The lowest BCUT2D eigenvalue weighted by Gasteiger charge is -2.31. The summed E-state index contributed by atoms with van der Waals surface area (Å²) in [7, 11) is 0. The number of hydrogen-bond acceptors (Lipinski definition) is 2. The SMILES string of the molecule is CCC(=O)C1CCN(C(=O)C(C)Cl)CC1. The Kier molecular flexibility index (Phi) is 4.58. The van der Waals surface area contributed by atoms with E-state index in [1.54, 1.807) is 11.8 Å². The molecule has 0 aromatic heterocycles. The van der Waals surface area contributed by atoms with E-state index in [2.05, 4.69) is 0 Å². The van der Waals surface area contributed by atoms with Crippen LogP contribution in [0, 0.1) is 5.92 Å². The van der Waals surface area contributed by atoms with Gasteiger partial charge in [-0.15, -0.1) is 11.6 Å². The normalized spacial score (nSPS) is 20.1. The zero-order valence-electron chi connectivity index (χ0n) is 9.33. The van der Waals surface area contributed by atoms with E-state index in [9.17, 15) is 9.59 Å². The zero-order chi connectivity index (χ0) is 11.4. The summed E-state index contributed by atoms with van der Waals surface area (Å²) < 4.78 is 0. The van der Waals surface area contributed by atoms with Gasteiger partial charge in [0, 0.05) is 25.4 Å². The molecule has 1 aliphatic rings. The molecule has 1 saturated heterocycles. The fourth-order valence-electron chi connectivity index (χ4n) is 1.96. The Morgan fingerprint density at radius 1 is 1.40 bits per heavy atom. The molecule has 4 heteroatoms. The van der Waals surface area contributed by atoms with Gasteiger partial charge in [-0.25, -0.2) is 0 Å². The Balaban J connectivity index is 2.42. The van der Waals surface area contributed by atoms with Crippen molar-refractivity contribution in [3.05, 3.63) is 0 Å². The maximum Gasteiger partial charge on any atom is 0.240 e. The van der Waals surface area contributed by atoms with Crippen molar-refractivity contribution in [3.8, 4) is 0 Å². The van der Waals surface area contributed by atoms with Crippen LogP contribution in [0.15, 0.2) is 0 Å². The Morgan fingerprint density at radius 2 is 1.93 bits per heavy atom. The van der Waals surface area contributed by atoms with Gasteiger partial charge >= 0.3 is 0 Å². The molecule has 0 aromatic rings. The second-order valence-electron chi connectivity index (χ2n) is 4.04. The van der Waals surface area contributed by atoms with Crippen LogP contribution in [0.25, 0.3) is 0 Å². The maximum absolute atomic E-state index is 11.6. The van der Waals surface area contributed by atoms with Crippen molar-refractivity contribution < 1.29 is 9.59 Å². The number of amides is 1. The number of ketones is 1. The van der Waals surface area contributed by atoms with Crippen molar-refractivity contribution in [3.63, 3.8) is 0 Å². The topological polar surface area (TPSA) is 37.4 Å². The van der Waals surface area contributed by atoms with Gasteiger partial charge in [-0.05, 0) is 19.8 Å². The number of carbonyl (C=O) groups is 2. The molecule has 0 bridgehead atoms. The average Bonchev–Trinajstić information content (AvgIpc) is 2.27. The molecule has 15 heavy (non-hydrogen) atoms. The first-order valence-electron chi connectivity index (χ1n) is 5.51. The largest absolute Gasteiger partial charge is 0.341 e. The number of alkyl halides is 1. The molecule has 1 fully saturated rings. The summed E-state index contributed by atoms with van der Waals surface area (Å²) in [6.45, 7) is 4.92. The second kappa shape index (κ2) is 5.50. The third-order valence-corrected chi connectivity index (χ3v) is 3.14. The molecule has 1 heterocycles. The number of nitrogens with zero attached hydrogens (tertiary/aromatic N) is 1. The molecule has 0 spiro atoms. The van der Waals surface area contributed by atoms with Crippen molar-refractivity contribution in [2.24, 2.45) is 5.92 Å². The summed E-state index contributed by atoms with van der Waals surface area (Å²) in [5.41, 5.74) is 0. The van der Waals surface area contributed by atoms with Gasteiger partial charge in [0.05, 0.1) is 0 Å². The first kappa shape index (κ1) is 12.5. The lowest BCUT2D eigenvalue weighted by atomic mass is 9.91. The molecule has 0 radical (unpaired) electrons. The molecule has 1 atom stereocenters. The van der Waals surface area contributed by atoms with Crippen LogP contribution < -0.4 is 0 Å². The van der Waals surface area contributed by atoms with Crippen molar-refractivity contribution in [1.29, 1.82) is 0 Å². The predicted molar refractivity (Wildman–Crippen MR) is 59.9 cm³/mol. The van der Waals surface area contributed by atoms with Gasteiger partial charge in [0.1, 0.15) is 11.2 Å². The van der Waals surface area contributed by atoms with Crippen LogP contribution in [0.3, 0.4) is 0 Å². The molecule has 0 saturated carbocycles. The van der Waals surface area contributed by atoms with Gasteiger partial charge < -0.3 is 4.90 Å². The van der Waals surface area contributed by atoms with Crippen LogP contribution in [-0.2, 0) is 9.59 Å². The summed E-state index contributed by atoms with van der Waals surface area (Å²) >= 11 is 5.73. The molecule has 86 valence electrons. The van der Waals surface area contributed by atoms with Crippen LogP contribution in [0.4, 0.5) is 0 Å². The molecule has 1 aliphatic heterocycles. The van der Waals surface area contributed by atoms with Crippen LogP contribution in [0.2, 0.25) is 0 Å². The molecule has 1 unspecified atom stereocenters. The third-order valence-electron chi connectivity index (χ3n) is 2.95. The van der Waals surface area contributed by atoms with E-state index in [-0.39, 0.29) is 11.8 Å². The number of carbonyl (C=O) groups excluding carboxylic acids is 2. The number of Topliss-reactive ketones (excluding diaryl/α,β-unsaturated/α-hetero) is 1. The van der Waals surface area contributed by atoms with Crippen molar-refractivity contribution >= 4 is 23.3 Å². The number of hydrogen-bond donors (Lipinski definition) is 0. The highest BCUT2D eigenvalue weighted by atomic mass is 35.5. The van der Waals surface area contributed by atoms with Crippen LogP contribution in [-0.4, -0.2) is 35.1 Å². The van der Waals surface area contributed by atoms with Gasteiger partial charge in [-0.3, -0.25) is 9.59 Å². The maximum atomic E-state index is 11.6. The van der Waals surface area contributed by atoms with Crippen molar-refractivity contribution in [2.75, 3.05) is 13.1 Å². The highest BCUT2D eigenvalue weighted by molar-refractivity contribution is 6.30. The van der Waals surface area contributed by atoms with E-state index >= 15 is 0 Å². The van der Waals surface area contributed by atoms with E-state index < -0.39 is 5.38 Å². The summed E-state index contributed by atoms with van der Waals surface area (Å²) in [5, 5.41) is -0.455. The molecule has 0 aromatic carbocycles. The van der Waals surface area contributed by atoms with Gasteiger partial charge in [0.2, 0.25) is 5.91 Å². The fraction of sp³-hybridized carbons (Fsp3) is 0.818. The van der Waals surface area contributed by atoms with Crippen molar-refractivity contribution in [2.45, 2.75) is 38.5 Å². The molecule has 1 amide bonds. The number of halogens is 1. The summed E-state index contributed by atoms with van der Waals surface area (Å²) in [6, 6.07) is 0. The first-order chi connectivity index (χ1) is 7.06. The van der Waals surface area contributed by atoms with E-state index in [0.717, 1.165) is 12.8 Å². The average molecular weight is 232 g/mol. The molecular weight excluding hydrogens is 214 g/mol. The first-order valence-corrected chi connectivity index (χ1v) is 5.95. The lowest BCUT2D eigenvalue weighted by Crippen LogP contribution is -2.42. The molecular formula is C11H18ClNO2. The van der Waals surface area contributed by atoms with Gasteiger partial charge in [-0.1, -0.05) is 6.92 Å². The number of piperidine rings is 1. The fourth-order valence-corrected chi connectivity index (χ4v) is 2.10. The summed E-state index contributed by atoms with van der Waals surface area (Å²) in [6.07, 6.45) is 2.19. The standard InChI is InChI=1S/C11H18ClNO2/c1-3-10(14)9-4-6-13(7-5-9)11(15)8(2)12/h8-9H,3-7H2,1-2H3. The van der Waals surface area contributed by atoms with Crippen molar-refractivity contribution in [1.82, 2.24) is 4.90 Å². The van der Waals surface area contributed by atoms with Gasteiger partial charge in [0.15, 0.2) is 0 Å². The van der Waals surface area contributed by atoms with Gasteiger partial charge in [0.25, 0.3) is 0 Å². The number of rotatable bonds is 3. The monoisotopic (exact) mass is 231 g/mol. The van der Waals surface area contributed by atoms with Crippen LogP contribution >= 0.6 is 11.6 Å². The van der Waals surface area contributed by atoms with Crippen LogP contribution in [0.5, 0.6) is 0 Å². The predicted octanol–water partition coefficient (Wildman–Crippen LogP) is 1.83. The van der Waals surface area contributed by atoms with E-state index in [1.807, 2.05) is 6.92 Å². The number of likely N-dealkylation sites (tertiary alicyclic amines) is 1. The molecule has 1 rings (SSSR count).